The molecule has 3 N–H and O–H groups in total. The number of ether oxygens (including phenoxy) is 1. The van der Waals surface area contributed by atoms with Crippen molar-refractivity contribution in [2.75, 3.05) is 37.4 Å². The molecule has 10 nitrogen and oxygen atoms in total. The number of carbonyl (C=O) groups is 3. The predicted octanol–water partition coefficient (Wildman–Crippen LogP) is 3.14. The lowest BCUT2D eigenvalue weighted by atomic mass is 9.97. The Morgan fingerprint density at radius 2 is 2.03 bits per heavy atom. The number of rotatable bonds is 5. The maximum Gasteiger partial charge on any atom is 0.419 e. The Morgan fingerprint density at radius 1 is 1.23 bits per heavy atom. The Balaban J connectivity index is 1.61. The van der Waals surface area contributed by atoms with Crippen molar-refractivity contribution in [1.29, 1.82) is 0 Å². The van der Waals surface area contributed by atoms with Crippen LogP contribution in [-0.2, 0) is 17.7 Å². The summed E-state index contributed by atoms with van der Waals surface area (Å²) in [6.45, 7) is 3.53. The molecular weight excluding hydrogens is 402 g/mol. The summed E-state index contributed by atoms with van der Waals surface area (Å²) in [6.07, 6.45) is 0.0437. The third-order valence-electron chi connectivity index (χ3n) is 5.03. The van der Waals surface area contributed by atoms with Gasteiger partial charge in [0.1, 0.15) is 0 Å². The first-order valence-corrected chi connectivity index (χ1v) is 9.79. The Morgan fingerprint density at radius 3 is 2.71 bits per heavy atom. The second-order valence-electron chi connectivity index (χ2n) is 7.14. The van der Waals surface area contributed by atoms with Gasteiger partial charge >= 0.3 is 18.2 Å². The fourth-order valence-corrected chi connectivity index (χ4v) is 3.42. The third kappa shape index (κ3) is 5.70. The zero-order valence-electron chi connectivity index (χ0n) is 17.4. The SMILES string of the molecule is COC(=O)N(CCN1CCc2c(cccc2NC(=O)Nc2ccc(C)nc2)C1)C(=O)O. The van der Waals surface area contributed by atoms with Crippen molar-refractivity contribution < 1.29 is 24.2 Å². The highest BCUT2D eigenvalue weighted by molar-refractivity contribution is 6.00. The largest absolute Gasteiger partial charge is 0.465 e. The average molecular weight is 427 g/mol. The Labute approximate surface area is 179 Å². The molecule has 0 saturated carbocycles. The van der Waals surface area contributed by atoms with Crippen LogP contribution in [0, 0.1) is 6.92 Å². The van der Waals surface area contributed by atoms with Crippen LogP contribution in [0.3, 0.4) is 0 Å². The predicted molar refractivity (Wildman–Crippen MR) is 114 cm³/mol. The molecule has 0 saturated heterocycles. The molecular formula is C21H25N5O5. The van der Waals surface area contributed by atoms with Gasteiger partial charge in [-0.15, -0.1) is 0 Å². The molecule has 31 heavy (non-hydrogen) atoms. The summed E-state index contributed by atoms with van der Waals surface area (Å²) >= 11 is 0. The first-order valence-electron chi connectivity index (χ1n) is 9.79. The number of pyridine rings is 1. The third-order valence-corrected chi connectivity index (χ3v) is 5.03. The Bertz CT molecular complexity index is 963. The number of aromatic nitrogens is 1. The average Bonchev–Trinajstić information content (AvgIpc) is 2.75. The Kier molecular flexibility index (Phi) is 7.03. The molecule has 0 radical (unpaired) electrons. The van der Waals surface area contributed by atoms with Crippen molar-refractivity contribution in [3.05, 3.63) is 53.3 Å². The number of methoxy groups -OCH3 is 1. The standard InChI is InChI=1S/C21H25N5O5/c1-14-6-7-16(12-22-14)23-19(27)24-18-5-3-4-15-13-25(9-8-17(15)18)10-11-26(20(28)29)21(30)31-2/h3-7,12H,8-11,13H2,1-2H3,(H,28,29)(H2,23,24,27). The monoisotopic (exact) mass is 427 g/mol. The number of imide groups is 1. The van der Waals surface area contributed by atoms with E-state index in [9.17, 15) is 14.4 Å². The lowest BCUT2D eigenvalue weighted by molar-refractivity contribution is 0.103. The van der Waals surface area contributed by atoms with E-state index < -0.39 is 12.2 Å². The van der Waals surface area contributed by atoms with E-state index in [4.69, 9.17) is 5.11 Å². The topological polar surface area (TPSA) is 124 Å². The van der Waals surface area contributed by atoms with Crippen LogP contribution in [0.2, 0.25) is 0 Å². The summed E-state index contributed by atoms with van der Waals surface area (Å²) in [7, 11) is 1.15. The van der Waals surface area contributed by atoms with Crippen molar-refractivity contribution in [3.63, 3.8) is 0 Å². The zero-order chi connectivity index (χ0) is 22.4. The molecule has 0 unspecified atom stereocenters. The number of fused-ring (bicyclic) bond motifs is 1. The van der Waals surface area contributed by atoms with Gasteiger partial charge in [0.25, 0.3) is 0 Å². The maximum atomic E-state index is 12.4. The fourth-order valence-electron chi connectivity index (χ4n) is 3.42. The normalized spacial score (nSPS) is 13.1. The number of aryl methyl sites for hydroxylation is 1. The van der Waals surface area contributed by atoms with Gasteiger partial charge in [-0.2, -0.15) is 0 Å². The Hall–Kier alpha value is -3.66. The number of urea groups is 1. The van der Waals surface area contributed by atoms with E-state index in [-0.39, 0.29) is 12.6 Å². The highest BCUT2D eigenvalue weighted by Gasteiger charge is 2.24. The van der Waals surface area contributed by atoms with Crippen LogP contribution in [0.15, 0.2) is 36.5 Å². The highest BCUT2D eigenvalue weighted by atomic mass is 16.5. The second kappa shape index (κ2) is 9.90. The van der Waals surface area contributed by atoms with Crippen LogP contribution in [0.4, 0.5) is 25.8 Å². The molecule has 1 aliphatic rings. The minimum absolute atomic E-state index is 0.0161. The maximum absolute atomic E-state index is 12.4. The van der Waals surface area contributed by atoms with Crippen molar-refractivity contribution in [3.8, 4) is 0 Å². The summed E-state index contributed by atoms with van der Waals surface area (Å²) in [5, 5.41) is 14.8. The molecule has 164 valence electrons. The molecule has 1 aliphatic heterocycles. The molecule has 2 heterocycles. The van der Waals surface area contributed by atoms with E-state index in [1.54, 1.807) is 12.3 Å². The van der Waals surface area contributed by atoms with Gasteiger partial charge in [0.15, 0.2) is 0 Å². The van der Waals surface area contributed by atoms with Gasteiger partial charge in [0.2, 0.25) is 0 Å². The van der Waals surface area contributed by atoms with E-state index in [1.165, 1.54) is 0 Å². The van der Waals surface area contributed by atoms with Gasteiger partial charge in [-0.1, -0.05) is 12.1 Å². The van der Waals surface area contributed by atoms with Crippen LogP contribution in [0.25, 0.3) is 0 Å². The second-order valence-corrected chi connectivity index (χ2v) is 7.14. The molecule has 0 bridgehead atoms. The molecule has 4 amide bonds. The van der Waals surface area contributed by atoms with Gasteiger partial charge < -0.3 is 20.5 Å². The van der Waals surface area contributed by atoms with Crippen molar-refractivity contribution >= 4 is 29.6 Å². The van der Waals surface area contributed by atoms with E-state index in [0.717, 1.165) is 29.6 Å². The highest BCUT2D eigenvalue weighted by Crippen LogP contribution is 2.26. The van der Waals surface area contributed by atoms with Crippen LogP contribution < -0.4 is 10.6 Å². The fraction of sp³-hybridized carbons (Fsp3) is 0.333. The molecule has 0 fully saturated rings. The van der Waals surface area contributed by atoms with E-state index in [0.29, 0.717) is 36.6 Å². The van der Waals surface area contributed by atoms with Gasteiger partial charge in [0.05, 0.1) is 19.0 Å². The molecule has 2 aromatic rings. The number of anilines is 2. The number of hydrogen-bond donors (Lipinski definition) is 3. The lowest BCUT2D eigenvalue weighted by Crippen LogP contribution is -2.43. The summed E-state index contributed by atoms with van der Waals surface area (Å²) in [5.74, 6) is 0. The summed E-state index contributed by atoms with van der Waals surface area (Å²) < 4.78 is 4.51. The van der Waals surface area contributed by atoms with Crippen molar-refractivity contribution in [2.45, 2.75) is 19.9 Å². The van der Waals surface area contributed by atoms with Gasteiger partial charge in [0, 0.05) is 37.6 Å². The van der Waals surface area contributed by atoms with E-state index >= 15 is 0 Å². The molecule has 3 rings (SSSR count). The summed E-state index contributed by atoms with van der Waals surface area (Å²) in [4.78, 5) is 42.0. The number of nitrogens with zero attached hydrogens (tertiary/aromatic N) is 3. The summed E-state index contributed by atoms with van der Waals surface area (Å²) in [5.41, 5.74) is 4.29. The lowest BCUT2D eigenvalue weighted by Gasteiger charge is -2.31. The van der Waals surface area contributed by atoms with Gasteiger partial charge in [-0.3, -0.25) is 9.88 Å². The van der Waals surface area contributed by atoms with Crippen LogP contribution in [0.1, 0.15) is 16.8 Å². The number of hydrogen-bond acceptors (Lipinski definition) is 6. The van der Waals surface area contributed by atoms with Crippen LogP contribution >= 0.6 is 0 Å². The first kappa shape index (κ1) is 22.0. The van der Waals surface area contributed by atoms with E-state index in [1.807, 2.05) is 31.2 Å². The minimum atomic E-state index is -1.34. The summed E-state index contributed by atoms with van der Waals surface area (Å²) in [6, 6.07) is 8.95. The zero-order valence-corrected chi connectivity index (χ0v) is 17.4. The van der Waals surface area contributed by atoms with Crippen LogP contribution in [0.5, 0.6) is 0 Å². The molecule has 0 atom stereocenters. The number of amides is 4. The van der Waals surface area contributed by atoms with Crippen molar-refractivity contribution in [1.82, 2.24) is 14.8 Å². The number of benzene rings is 1. The van der Waals surface area contributed by atoms with E-state index in [2.05, 4.69) is 25.3 Å². The number of nitrogens with one attached hydrogen (secondary N) is 2. The molecule has 1 aromatic heterocycles. The molecule has 0 spiro atoms. The quantitative estimate of drug-likeness (QED) is 0.670. The molecule has 0 aliphatic carbocycles. The van der Waals surface area contributed by atoms with Gasteiger partial charge in [-0.05, 0) is 42.7 Å². The van der Waals surface area contributed by atoms with Gasteiger partial charge in [-0.25, -0.2) is 19.3 Å². The van der Waals surface area contributed by atoms with Crippen LogP contribution in [-0.4, -0.2) is 64.9 Å². The minimum Gasteiger partial charge on any atom is -0.465 e. The van der Waals surface area contributed by atoms with Crippen molar-refractivity contribution in [2.24, 2.45) is 0 Å². The molecule has 1 aromatic carbocycles. The first-order chi connectivity index (χ1) is 14.9. The number of carboxylic acid groups (broad SMARTS) is 1. The molecule has 10 heteroatoms. The number of carbonyl (C=O) groups excluding carboxylic acids is 2. The smallest absolute Gasteiger partial charge is 0.419 e.